The zero-order chi connectivity index (χ0) is 16.2. The lowest BCUT2D eigenvalue weighted by molar-refractivity contribution is 0.0982. The van der Waals surface area contributed by atoms with Crippen LogP contribution < -0.4 is 0 Å². The highest BCUT2D eigenvalue weighted by Gasteiger charge is 2.09. The van der Waals surface area contributed by atoms with Crippen LogP contribution in [0.1, 0.15) is 23.2 Å². The van der Waals surface area contributed by atoms with Gasteiger partial charge >= 0.3 is 0 Å². The Hall–Kier alpha value is -1.73. The maximum Gasteiger partial charge on any atom is 0.162 e. The molecule has 0 aliphatic rings. The molecule has 0 spiro atoms. The lowest BCUT2D eigenvalue weighted by Gasteiger charge is -2.03. The predicted molar refractivity (Wildman–Crippen MR) is 94.7 cm³/mol. The number of rotatable bonds is 6. The first-order chi connectivity index (χ1) is 11.1. The summed E-state index contributed by atoms with van der Waals surface area (Å²) in [5.41, 5.74) is 1.59. The zero-order valence-corrected chi connectivity index (χ0v) is 15.0. The molecule has 1 aromatic carbocycles. The van der Waals surface area contributed by atoms with E-state index >= 15 is 0 Å². The van der Waals surface area contributed by atoms with Gasteiger partial charge in [-0.1, -0.05) is 28.1 Å². The lowest BCUT2D eigenvalue weighted by Crippen LogP contribution is -1.99. The Morgan fingerprint density at radius 2 is 2.04 bits per heavy atom. The van der Waals surface area contributed by atoms with Gasteiger partial charge in [-0.25, -0.2) is 9.97 Å². The number of carbonyl (C=O) groups is 1. The van der Waals surface area contributed by atoms with Gasteiger partial charge < -0.3 is 0 Å². The molecule has 0 saturated heterocycles. The van der Waals surface area contributed by atoms with E-state index in [4.69, 9.17) is 0 Å². The molecule has 2 aromatic heterocycles. The minimum atomic E-state index is 0.173. The van der Waals surface area contributed by atoms with Crippen LogP contribution in [0.2, 0.25) is 0 Å². The van der Waals surface area contributed by atoms with Crippen molar-refractivity contribution in [3.05, 3.63) is 46.8 Å². The number of hydrogen-bond acceptors (Lipinski definition) is 5. The summed E-state index contributed by atoms with van der Waals surface area (Å²) in [7, 11) is 1.86. The quantitative estimate of drug-likeness (QED) is 0.276. The zero-order valence-electron chi connectivity index (χ0n) is 12.6. The van der Waals surface area contributed by atoms with Crippen LogP contribution in [0.15, 0.2) is 46.3 Å². The normalized spacial score (nSPS) is 11.0. The van der Waals surface area contributed by atoms with E-state index in [0.29, 0.717) is 6.42 Å². The first-order valence-corrected chi connectivity index (χ1v) is 8.97. The van der Waals surface area contributed by atoms with Crippen molar-refractivity contribution in [2.75, 3.05) is 5.75 Å². The van der Waals surface area contributed by atoms with Crippen molar-refractivity contribution < 1.29 is 4.79 Å². The van der Waals surface area contributed by atoms with Gasteiger partial charge in [-0.3, -0.25) is 9.48 Å². The smallest absolute Gasteiger partial charge is 0.162 e. The maximum absolute atomic E-state index is 12.1. The van der Waals surface area contributed by atoms with Crippen LogP contribution in [-0.2, 0) is 7.05 Å². The fourth-order valence-electron chi connectivity index (χ4n) is 2.24. The number of Topliss-reactive ketones (excluding diaryl/α,β-unsaturated/α-hetero) is 1. The van der Waals surface area contributed by atoms with Crippen molar-refractivity contribution in [2.24, 2.45) is 7.05 Å². The summed E-state index contributed by atoms with van der Waals surface area (Å²) in [6.45, 7) is 0. The first kappa shape index (κ1) is 16.1. The standard InChI is InChI=1S/C16H15BrN4OS/c1-21-15-13(9-20-21)16(19-10-18-15)23-8-2-3-14(22)11-4-6-12(17)7-5-11/h4-7,9-10H,2-3,8H2,1H3. The summed E-state index contributed by atoms with van der Waals surface area (Å²) in [5, 5.41) is 6.08. The van der Waals surface area contributed by atoms with Gasteiger partial charge in [0.05, 0.1) is 11.6 Å². The first-order valence-electron chi connectivity index (χ1n) is 7.19. The molecule has 2 heterocycles. The molecule has 0 saturated carbocycles. The Bertz CT molecular complexity index is 832. The van der Waals surface area contributed by atoms with E-state index in [1.54, 1.807) is 29.0 Å². The molecule has 0 aliphatic heterocycles. The summed E-state index contributed by atoms with van der Waals surface area (Å²) in [5.74, 6) is 1.01. The summed E-state index contributed by atoms with van der Waals surface area (Å²) in [6, 6.07) is 7.48. The molecule has 3 rings (SSSR count). The number of aromatic nitrogens is 4. The molecule has 0 unspecified atom stereocenters. The van der Waals surface area contributed by atoms with Crippen LogP contribution in [0.4, 0.5) is 0 Å². The number of halogens is 1. The Balaban J connectivity index is 1.55. The van der Waals surface area contributed by atoms with Crippen molar-refractivity contribution in [3.63, 3.8) is 0 Å². The Kier molecular flexibility index (Phi) is 5.07. The van der Waals surface area contributed by atoms with E-state index in [9.17, 15) is 4.79 Å². The molecular formula is C16H15BrN4OS. The van der Waals surface area contributed by atoms with Crippen molar-refractivity contribution >= 4 is 44.5 Å². The third kappa shape index (κ3) is 3.79. The molecule has 5 nitrogen and oxygen atoms in total. The maximum atomic E-state index is 12.1. The molecule has 0 bridgehead atoms. The van der Waals surface area contributed by atoms with Gasteiger partial charge in [0.2, 0.25) is 0 Å². The largest absolute Gasteiger partial charge is 0.294 e. The molecule has 0 N–H and O–H groups in total. The summed E-state index contributed by atoms with van der Waals surface area (Å²) >= 11 is 5.01. The van der Waals surface area contributed by atoms with E-state index in [0.717, 1.165) is 38.3 Å². The Morgan fingerprint density at radius 3 is 2.83 bits per heavy atom. The van der Waals surface area contributed by atoms with Gasteiger partial charge in [0.25, 0.3) is 0 Å². The summed E-state index contributed by atoms with van der Waals surface area (Å²) in [4.78, 5) is 20.7. The minimum Gasteiger partial charge on any atom is -0.294 e. The molecule has 0 fully saturated rings. The highest BCUT2D eigenvalue weighted by Crippen LogP contribution is 2.24. The number of fused-ring (bicyclic) bond motifs is 1. The molecule has 7 heteroatoms. The van der Waals surface area contributed by atoms with Crippen LogP contribution in [0.25, 0.3) is 11.0 Å². The number of hydrogen-bond donors (Lipinski definition) is 0. The average molecular weight is 391 g/mol. The number of ketones is 1. The van der Waals surface area contributed by atoms with Gasteiger partial charge in [-0.15, -0.1) is 11.8 Å². The predicted octanol–water partition coefficient (Wildman–Crippen LogP) is 3.88. The molecule has 3 aromatic rings. The molecule has 23 heavy (non-hydrogen) atoms. The van der Waals surface area contributed by atoms with Crippen LogP contribution in [0.3, 0.4) is 0 Å². The van der Waals surface area contributed by atoms with Gasteiger partial charge in [-0.2, -0.15) is 5.10 Å². The van der Waals surface area contributed by atoms with Crippen molar-refractivity contribution in [1.82, 2.24) is 19.7 Å². The Labute approximate surface area is 146 Å². The van der Waals surface area contributed by atoms with E-state index in [-0.39, 0.29) is 5.78 Å². The molecule has 118 valence electrons. The molecule has 0 amide bonds. The van der Waals surface area contributed by atoms with Gasteiger partial charge in [-0.05, 0) is 24.3 Å². The second kappa shape index (κ2) is 7.23. The molecular weight excluding hydrogens is 376 g/mol. The third-order valence-corrected chi connectivity index (χ3v) is 5.07. The minimum absolute atomic E-state index is 0.173. The number of aryl methyl sites for hydroxylation is 1. The van der Waals surface area contributed by atoms with Crippen molar-refractivity contribution in [2.45, 2.75) is 17.9 Å². The topological polar surface area (TPSA) is 60.7 Å². The van der Waals surface area contributed by atoms with Crippen molar-refractivity contribution in [3.8, 4) is 0 Å². The van der Waals surface area contributed by atoms with Gasteiger partial charge in [0.1, 0.15) is 11.4 Å². The van der Waals surface area contributed by atoms with Crippen LogP contribution in [-0.4, -0.2) is 31.3 Å². The van der Waals surface area contributed by atoms with Crippen LogP contribution >= 0.6 is 27.7 Å². The molecule has 0 radical (unpaired) electrons. The number of benzene rings is 1. The number of nitrogens with zero attached hydrogens (tertiary/aromatic N) is 4. The van der Waals surface area contributed by atoms with Gasteiger partial charge in [0.15, 0.2) is 11.4 Å². The average Bonchev–Trinajstić information content (AvgIpc) is 2.94. The van der Waals surface area contributed by atoms with E-state index in [1.165, 1.54) is 0 Å². The highest BCUT2D eigenvalue weighted by atomic mass is 79.9. The SMILES string of the molecule is Cn1ncc2c(SCCCC(=O)c3ccc(Br)cc3)ncnc21. The van der Waals surface area contributed by atoms with E-state index in [2.05, 4.69) is 31.0 Å². The second-order valence-corrected chi connectivity index (χ2v) is 7.07. The monoisotopic (exact) mass is 390 g/mol. The fraction of sp³-hybridized carbons (Fsp3) is 0.250. The van der Waals surface area contributed by atoms with Gasteiger partial charge in [0, 0.05) is 23.5 Å². The lowest BCUT2D eigenvalue weighted by atomic mass is 10.1. The molecule has 0 aliphatic carbocycles. The second-order valence-electron chi connectivity index (χ2n) is 5.07. The Morgan fingerprint density at radius 1 is 1.26 bits per heavy atom. The fourth-order valence-corrected chi connectivity index (χ4v) is 3.40. The third-order valence-electron chi connectivity index (χ3n) is 3.45. The summed E-state index contributed by atoms with van der Waals surface area (Å²) in [6.07, 6.45) is 4.69. The van der Waals surface area contributed by atoms with E-state index in [1.807, 2.05) is 31.3 Å². The number of thioether (sulfide) groups is 1. The number of carbonyl (C=O) groups excluding carboxylic acids is 1. The van der Waals surface area contributed by atoms with Crippen LogP contribution in [0.5, 0.6) is 0 Å². The highest BCUT2D eigenvalue weighted by molar-refractivity contribution is 9.10. The van der Waals surface area contributed by atoms with E-state index < -0.39 is 0 Å². The van der Waals surface area contributed by atoms with Crippen molar-refractivity contribution in [1.29, 1.82) is 0 Å². The molecule has 0 atom stereocenters. The van der Waals surface area contributed by atoms with Crippen LogP contribution in [0, 0.1) is 0 Å². The summed E-state index contributed by atoms with van der Waals surface area (Å²) < 4.78 is 2.71.